The van der Waals surface area contributed by atoms with E-state index in [9.17, 15) is 27.6 Å². The minimum absolute atomic E-state index is 0.0375. The highest BCUT2D eigenvalue weighted by Crippen LogP contribution is 2.34. The lowest BCUT2D eigenvalue weighted by atomic mass is 9.86. The topological polar surface area (TPSA) is 247 Å². The minimum atomic E-state index is -2.93. The van der Waals surface area contributed by atoms with Gasteiger partial charge in [0.2, 0.25) is 11.8 Å². The largest absolute Gasteiger partial charge is 0.370 e. The van der Waals surface area contributed by atoms with Crippen LogP contribution in [0.15, 0.2) is 63.2 Å². The molecule has 7 rings (SSSR count). The van der Waals surface area contributed by atoms with Crippen molar-refractivity contribution in [1.82, 2.24) is 20.6 Å². The van der Waals surface area contributed by atoms with Gasteiger partial charge in [0.15, 0.2) is 9.05 Å². The molecule has 3 saturated heterocycles. The maximum Gasteiger partial charge on any atom is 0.275 e. The summed E-state index contributed by atoms with van der Waals surface area (Å²) < 4.78 is 23.9. The number of carbonyl (C=O) groups is 4. The predicted molar refractivity (Wildman–Crippen MR) is 241 cm³/mol. The molecule has 2 aromatic carbocycles. The van der Waals surface area contributed by atoms with E-state index < -0.39 is 20.9 Å². The minimum Gasteiger partial charge on any atom is -0.370 e. The third-order valence-corrected chi connectivity index (χ3v) is 15.3. The lowest BCUT2D eigenvalue weighted by Gasteiger charge is -2.41. The van der Waals surface area contributed by atoms with Crippen molar-refractivity contribution in [3.05, 3.63) is 74.6 Å². The Kier molecular flexibility index (Phi) is 14.5. The van der Waals surface area contributed by atoms with Crippen molar-refractivity contribution in [1.29, 1.82) is 0 Å². The van der Waals surface area contributed by atoms with Gasteiger partial charge in [0.1, 0.15) is 32.3 Å². The van der Waals surface area contributed by atoms with Gasteiger partial charge in [-0.15, -0.1) is 22.7 Å². The van der Waals surface area contributed by atoms with Gasteiger partial charge in [0.25, 0.3) is 11.8 Å². The fourth-order valence-electron chi connectivity index (χ4n) is 7.59. The number of amides is 4. The molecule has 5 heterocycles. The maximum atomic E-state index is 12.9. The normalized spacial score (nSPS) is 18.4. The fourth-order valence-corrected chi connectivity index (χ4v) is 10.8. The van der Waals surface area contributed by atoms with Crippen LogP contribution in [0.25, 0.3) is 0 Å². The molecule has 60 heavy (non-hydrogen) atoms. The monoisotopic (exact) mass is 943 g/mol. The molecule has 4 aromatic rings. The third-order valence-electron chi connectivity index (χ3n) is 11.4. The number of benzene rings is 2. The molecule has 0 spiro atoms. The quantitative estimate of drug-likeness (QED) is 0.107. The van der Waals surface area contributed by atoms with Gasteiger partial charge < -0.3 is 47.9 Å². The lowest BCUT2D eigenvalue weighted by Crippen LogP contribution is -2.59. The van der Waals surface area contributed by atoms with Crippen LogP contribution in [0.4, 0.5) is 27.9 Å². The van der Waals surface area contributed by atoms with Crippen LogP contribution in [0.5, 0.6) is 0 Å². The van der Waals surface area contributed by atoms with Crippen molar-refractivity contribution in [2.24, 2.45) is 11.5 Å². The number of carbonyl (C=O) groups excluding carboxylic acids is 4. The molecule has 2 aromatic heterocycles. The summed E-state index contributed by atoms with van der Waals surface area (Å²) in [5.74, 6) is -0.897. The van der Waals surface area contributed by atoms with E-state index in [1.54, 1.807) is 24.9 Å². The number of rotatable bonds is 12. The number of nitrogens with two attached hydrogens (primary N) is 2. The van der Waals surface area contributed by atoms with E-state index >= 15 is 0 Å². The lowest BCUT2D eigenvalue weighted by molar-refractivity contribution is -0.125. The van der Waals surface area contributed by atoms with Gasteiger partial charge >= 0.3 is 0 Å². The molecule has 0 unspecified atom stereocenters. The van der Waals surface area contributed by atoms with Crippen LogP contribution in [0.1, 0.15) is 59.5 Å². The standard InChI is InChI=1S/C22H30N6O4S2.C17H20BrN5O2S/c1-24-22(20(23)30)8-10-28(11-9-22)18-5-3-2-4-16(18)26-19(29)17-14-33-21(27-17)25-15-6-12-34(31,32)13-7-15;1-20-17(15(19)25)6-8-23(9-7-17)13-5-3-2-4-11(13)21-14(24)12-10-26-16(18)22-12/h2-5,14-15,24H,6-13H2,1H3,(H2,23,30)(H,25,27)(H,26,29);2-5,10,20H,6-9H2,1H3,(H2,19,25)(H,21,24). The van der Waals surface area contributed by atoms with Crippen LogP contribution < -0.4 is 47.9 Å². The van der Waals surface area contributed by atoms with Gasteiger partial charge in [0.05, 0.1) is 34.3 Å². The summed E-state index contributed by atoms with van der Waals surface area (Å²) in [6.45, 7) is 2.58. The molecule has 17 nitrogen and oxygen atoms in total. The first-order valence-corrected chi connectivity index (χ1v) is 23.9. The highest BCUT2D eigenvalue weighted by atomic mass is 79.9. The summed E-state index contributed by atoms with van der Waals surface area (Å²) in [5, 5.41) is 19.3. The molecule has 0 saturated carbocycles. The number of thiazole rings is 2. The van der Waals surface area contributed by atoms with E-state index in [0.29, 0.717) is 90.8 Å². The Morgan fingerprint density at radius 3 is 1.57 bits per heavy atom. The first-order chi connectivity index (χ1) is 28.7. The number of hydrogen-bond acceptors (Lipinski definition) is 15. The molecule has 0 aliphatic carbocycles. The molecule has 3 aliphatic rings. The Morgan fingerprint density at radius 1 is 0.717 bits per heavy atom. The van der Waals surface area contributed by atoms with Crippen molar-refractivity contribution < 1.29 is 27.6 Å². The van der Waals surface area contributed by atoms with Gasteiger partial charge in [-0.2, -0.15) is 0 Å². The predicted octanol–water partition coefficient (Wildman–Crippen LogP) is 3.63. The third kappa shape index (κ3) is 10.6. The van der Waals surface area contributed by atoms with Crippen LogP contribution in [-0.2, 0) is 19.4 Å². The zero-order chi connectivity index (χ0) is 43.1. The summed E-state index contributed by atoms with van der Waals surface area (Å²) in [7, 11) is 0.588. The van der Waals surface area contributed by atoms with E-state index in [1.807, 2.05) is 48.5 Å². The molecular formula is C39H50BrN11O6S3. The van der Waals surface area contributed by atoms with E-state index in [1.165, 1.54) is 22.7 Å². The van der Waals surface area contributed by atoms with Crippen molar-refractivity contribution in [2.45, 2.75) is 55.6 Å². The van der Waals surface area contributed by atoms with Gasteiger partial charge in [-0.05, 0) is 92.8 Å². The van der Waals surface area contributed by atoms with E-state index in [0.717, 1.165) is 17.1 Å². The van der Waals surface area contributed by atoms with Crippen molar-refractivity contribution in [3.63, 3.8) is 0 Å². The van der Waals surface area contributed by atoms with Crippen molar-refractivity contribution in [3.8, 4) is 0 Å². The molecule has 0 atom stereocenters. The molecule has 9 N–H and O–H groups in total. The summed E-state index contributed by atoms with van der Waals surface area (Å²) in [6.07, 6.45) is 3.45. The molecule has 3 aliphatic heterocycles. The number of halogens is 1. The second-order valence-electron chi connectivity index (χ2n) is 14.9. The van der Waals surface area contributed by atoms with E-state index in [2.05, 4.69) is 62.3 Å². The number of nitrogens with zero attached hydrogens (tertiary/aromatic N) is 4. The van der Waals surface area contributed by atoms with Gasteiger partial charge in [0, 0.05) is 43.0 Å². The van der Waals surface area contributed by atoms with Crippen LogP contribution in [-0.4, -0.2) is 111 Å². The Labute approximate surface area is 365 Å². The Bertz CT molecular complexity index is 2270. The highest BCUT2D eigenvalue weighted by Gasteiger charge is 2.40. The summed E-state index contributed by atoms with van der Waals surface area (Å²) in [5.41, 5.74) is 13.7. The van der Waals surface area contributed by atoms with Crippen LogP contribution in [0.3, 0.4) is 0 Å². The number of piperidine rings is 2. The molecule has 3 fully saturated rings. The average Bonchev–Trinajstić information content (AvgIpc) is 3.91. The van der Waals surface area contributed by atoms with Crippen LogP contribution in [0.2, 0.25) is 0 Å². The van der Waals surface area contributed by atoms with E-state index in [4.69, 9.17) is 11.5 Å². The zero-order valence-corrected chi connectivity index (χ0v) is 37.4. The second kappa shape index (κ2) is 19.4. The van der Waals surface area contributed by atoms with Crippen molar-refractivity contribution >= 4 is 100.0 Å². The highest BCUT2D eigenvalue weighted by molar-refractivity contribution is 9.11. The number of likely N-dealkylation sites (N-methyl/N-ethyl adjacent to an activating group) is 2. The van der Waals surface area contributed by atoms with E-state index in [-0.39, 0.29) is 41.2 Å². The molecule has 322 valence electrons. The Balaban J connectivity index is 0.000000209. The van der Waals surface area contributed by atoms with Gasteiger partial charge in [-0.3, -0.25) is 19.2 Å². The SMILES string of the molecule is CNC1(C(N)=O)CCN(c2ccccc2NC(=O)c2csc(Br)n2)CC1.CNC1(C(N)=O)CCN(c2ccccc2NC(=O)c2csc(NC3CCS(=O)(=O)CC3)n2)CC1. The summed E-state index contributed by atoms with van der Waals surface area (Å²) in [6, 6.07) is 15.2. The number of hydrogen-bond donors (Lipinski definition) is 7. The molecule has 0 radical (unpaired) electrons. The number of aromatic nitrogens is 2. The summed E-state index contributed by atoms with van der Waals surface area (Å²) >= 11 is 5.96. The fraction of sp³-hybridized carbons (Fsp3) is 0.436. The average molecular weight is 945 g/mol. The number of anilines is 5. The number of nitrogens with one attached hydrogen (secondary N) is 5. The van der Waals surface area contributed by atoms with Gasteiger partial charge in [-0.25, -0.2) is 18.4 Å². The maximum absolute atomic E-state index is 12.9. The molecule has 21 heteroatoms. The molecule has 4 amide bonds. The second-order valence-corrected chi connectivity index (χ2v) is 20.2. The Hall–Kier alpha value is -4.67. The van der Waals surface area contributed by atoms with Gasteiger partial charge in [-0.1, -0.05) is 24.3 Å². The first kappa shape index (κ1) is 44.9. The number of primary amides is 2. The number of sulfone groups is 1. The summed E-state index contributed by atoms with van der Waals surface area (Å²) in [4.78, 5) is 61.9. The zero-order valence-electron chi connectivity index (χ0n) is 33.3. The molecular weight excluding hydrogens is 895 g/mol. The Morgan fingerprint density at radius 2 is 1.15 bits per heavy atom. The smallest absolute Gasteiger partial charge is 0.275 e. The van der Waals surface area contributed by atoms with Crippen molar-refractivity contribution in [2.75, 3.05) is 77.5 Å². The van der Waals surface area contributed by atoms with Crippen LogP contribution in [0, 0.1) is 0 Å². The first-order valence-electron chi connectivity index (χ1n) is 19.5. The van der Waals surface area contributed by atoms with Crippen LogP contribution >= 0.6 is 38.6 Å². The molecule has 0 bridgehead atoms. The number of para-hydroxylation sites is 4.